The van der Waals surface area contributed by atoms with Crippen LogP contribution in [0, 0.1) is 0 Å². The van der Waals surface area contributed by atoms with Gasteiger partial charge < -0.3 is 13.9 Å². The first kappa shape index (κ1) is 32.8. The van der Waals surface area contributed by atoms with Crippen molar-refractivity contribution in [2.45, 2.75) is 0 Å². The normalized spacial score (nSPS) is 11.5. The zero-order chi connectivity index (χ0) is 37.7. The largest absolute Gasteiger partial charge is 0.456 e. The predicted octanol–water partition coefficient (Wildman–Crippen LogP) is 15.2. The Hall–Kier alpha value is -7.62. The second kappa shape index (κ2) is 13.6. The zero-order valence-corrected chi connectivity index (χ0v) is 31.1. The van der Waals surface area contributed by atoms with Gasteiger partial charge >= 0.3 is 0 Å². The summed E-state index contributed by atoms with van der Waals surface area (Å²) in [5.41, 5.74) is 15.8. The molecule has 268 valence electrons. The van der Waals surface area contributed by atoms with Gasteiger partial charge in [0.2, 0.25) is 0 Å². The third-order valence-electron chi connectivity index (χ3n) is 11.2. The molecule has 0 aliphatic carbocycles. The van der Waals surface area contributed by atoms with Crippen LogP contribution in [-0.4, -0.2) is 4.57 Å². The molecule has 0 atom stereocenters. The standard InChI is InChI=1S/C54H36N2O/c1-3-11-37(12-4-1)39-23-28-44(29-24-39)55(46-32-34-54-50(36-46)48-16-8-10-18-53(48)57-54)45-30-25-40(26-31-45)38-19-21-41(22-20-38)42-27-33-52-49(35-42)47-15-7-9-17-51(47)56(52)43-13-5-2-6-14-43/h1-36H. The molecule has 0 N–H and O–H groups in total. The first-order valence-corrected chi connectivity index (χ1v) is 19.4. The van der Waals surface area contributed by atoms with Gasteiger partial charge in [-0.05, 0) is 112 Å². The van der Waals surface area contributed by atoms with E-state index in [1.807, 2.05) is 12.1 Å². The highest BCUT2D eigenvalue weighted by atomic mass is 16.3. The molecule has 0 saturated carbocycles. The van der Waals surface area contributed by atoms with E-state index in [1.165, 1.54) is 60.9 Å². The number of hydrogen-bond donors (Lipinski definition) is 0. The SMILES string of the molecule is c1ccc(-c2ccc(N(c3ccc(-c4ccc(-c5ccc6c(c5)c5ccccc5n6-c5ccccc5)cc4)cc3)c3ccc4oc5ccccc5c4c3)cc2)cc1. The minimum absolute atomic E-state index is 0.886. The van der Waals surface area contributed by atoms with E-state index in [1.54, 1.807) is 0 Å². The van der Waals surface area contributed by atoms with Crippen LogP contribution in [0.2, 0.25) is 0 Å². The molecule has 0 aliphatic rings. The van der Waals surface area contributed by atoms with E-state index in [0.29, 0.717) is 0 Å². The topological polar surface area (TPSA) is 21.3 Å². The smallest absolute Gasteiger partial charge is 0.135 e. The molecule has 0 fully saturated rings. The van der Waals surface area contributed by atoms with E-state index < -0.39 is 0 Å². The third-order valence-corrected chi connectivity index (χ3v) is 11.2. The van der Waals surface area contributed by atoms with Gasteiger partial charge in [0.25, 0.3) is 0 Å². The van der Waals surface area contributed by atoms with Gasteiger partial charge in [0.15, 0.2) is 0 Å². The summed E-state index contributed by atoms with van der Waals surface area (Å²) in [6.07, 6.45) is 0. The van der Waals surface area contributed by atoms with E-state index in [0.717, 1.165) is 39.0 Å². The van der Waals surface area contributed by atoms with Crippen molar-refractivity contribution in [1.29, 1.82) is 0 Å². The molecule has 57 heavy (non-hydrogen) atoms. The highest BCUT2D eigenvalue weighted by molar-refractivity contribution is 6.10. The predicted molar refractivity (Wildman–Crippen MR) is 239 cm³/mol. The first-order chi connectivity index (χ1) is 28.2. The number of hydrogen-bond acceptors (Lipinski definition) is 2. The highest BCUT2D eigenvalue weighted by Gasteiger charge is 2.17. The summed E-state index contributed by atoms with van der Waals surface area (Å²) >= 11 is 0. The second-order valence-corrected chi connectivity index (χ2v) is 14.6. The maximum atomic E-state index is 6.20. The lowest BCUT2D eigenvalue weighted by molar-refractivity contribution is 0.669. The van der Waals surface area contributed by atoms with Gasteiger partial charge in [0.05, 0.1) is 11.0 Å². The van der Waals surface area contributed by atoms with Gasteiger partial charge in [0.1, 0.15) is 11.2 Å². The molecule has 0 amide bonds. The van der Waals surface area contributed by atoms with Crippen LogP contribution >= 0.6 is 0 Å². The molecular formula is C54H36N2O. The molecule has 11 rings (SSSR count). The van der Waals surface area contributed by atoms with Gasteiger partial charge in [-0.25, -0.2) is 0 Å². The summed E-state index contributed by atoms with van der Waals surface area (Å²) in [5, 5.41) is 4.73. The van der Waals surface area contributed by atoms with Crippen molar-refractivity contribution < 1.29 is 4.42 Å². The Morgan fingerprint density at radius 1 is 0.298 bits per heavy atom. The molecule has 3 heteroatoms. The second-order valence-electron chi connectivity index (χ2n) is 14.6. The van der Waals surface area contributed by atoms with Gasteiger partial charge in [-0.15, -0.1) is 0 Å². The zero-order valence-electron chi connectivity index (χ0n) is 31.1. The Kier molecular flexibility index (Phi) is 7.82. The van der Waals surface area contributed by atoms with Crippen LogP contribution in [0.1, 0.15) is 0 Å². The Balaban J connectivity index is 0.934. The average molecular weight is 729 g/mol. The summed E-state index contributed by atoms with van der Waals surface area (Å²) < 4.78 is 8.56. The monoisotopic (exact) mass is 728 g/mol. The van der Waals surface area contributed by atoms with E-state index >= 15 is 0 Å². The molecule has 2 aromatic heterocycles. The number of fused-ring (bicyclic) bond motifs is 6. The molecule has 0 saturated heterocycles. The summed E-state index contributed by atoms with van der Waals surface area (Å²) in [5.74, 6) is 0. The lowest BCUT2D eigenvalue weighted by Gasteiger charge is -2.26. The van der Waals surface area contributed by atoms with Crippen LogP contribution in [0.4, 0.5) is 17.1 Å². The molecule has 0 spiro atoms. The van der Waals surface area contributed by atoms with Crippen LogP contribution in [0.3, 0.4) is 0 Å². The Morgan fingerprint density at radius 2 is 0.772 bits per heavy atom. The van der Waals surface area contributed by atoms with Crippen molar-refractivity contribution in [3.8, 4) is 39.1 Å². The van der Waals surface area contributed by atoms with Gasteiger partial charge in [0, 0.05) is 44.3 Å². The van der Waals surface area contributed by atoms with Crippen molar-refractivity contribution >= 4 is 60.8 Å². The fourth-order valence-corrected chi connectivity index (χ4v) is 8.40. The number of anilines is 3. The summed E-state index contributed by atoms with van der Waals surface area (Å²) in [4.78, 5) is 2.33. The molecule has 0 aliphatic heterocycles. The molecule has 0 unspecified atom stereocenters. The number of rotatable bonds is 7. The van der Waals surface area contributed by atoms with Crippen molar-refractivity contribution in [1.82, 2.24) is 4.57 Å². The van der Waals surface area contributed by atoms with Crippen molar-refractivity contribution in [2.24, 2.45) is 0 Å². The van der Waals surface area contributed by atoms with E-state index in [-0.39, 0.29) is 0 Å². The van der Waals surface area contributed by atoms with Crippen molar-refractivity contribution in [3.63, 3.8) is 0 Å². The summed E-state index contributed by atoms with van der Waals surface area (Å²) in [6, 6.07) is 78.1. The minimum Gasteiger partial charge on any atom is -0.456 e. The fraction of sp³-hybridized carbons (Fsp3) is 0. The number of para-hydroxylation sites is 3. The lowest BCUT2D eigenvalue weighted by Crippen LogP contribution is -2.09. The van der Waals surface area contributed by atoms with Crippen LogP contribution in [0.25, 0.3) is 82.8 Å². The van der Waals surface area contributed by atoms with Crippen LogP contribution < -0.4 is 4.90 Å². The molecule has 2 heterocycles. The Labute approximate surface area is 330 Å². The summed E-state index contributed by atoms with van der Waals surface area (Å²) in [7, 11) is 0. The number of nitrogens with zero attached hydrogens (tertiary/aromatic N) is 2. The highest BCUT2D eigenvalue weighted by Crippen LogP contribution is 2.40. The summed E-state index contributed by atoms with van der Waals surface area (Å²) in [6.45, 7) is 0. The molecule has 3 nitrogen and oxygen atoms in total. The first-order valence-electron chi connectivity index (χ1n) is 19.4. The van der Waals surface area contributed by atoms with Crippen molar-refractivity contribution in [3.05, 3.63) is 218 Å². The average Bonchev–Trinajstić information content (AvgIpc) is 3.83. The van der Waals surface area contributed by atoms with E-state index in [2.05, 4.69) is 216 Å². The maximum absolute atomic E-state index is 6.20. The van der Waals surface area contributed by atoms with E-state index in [9.17, 15) is 0 Å². The minimum atomic E-state index is 0.886. The van der Waals surface area contributed by atoms with Crippen LogP contribution in [-0.2, 0) is 0 Å². The third kappa shape index (κ3) is 5.76. The van der Waals surface area contributed by atoms with Gasteiger partial charge in [-0.1, -0.05) is 140 Å². The van der Waals surface area contributed by atoms with E-state index in [4.69, 9.17) is 4.42 Å². The van der Waals surface area contributed by atoms with Crippen LogP contribution in [0.5, 0.6) is 0 Å². The Bertz CT molecular complexity index is 3200. The Morgan fingerprint density at radius 3 is 1.46 bits per heavy atom. The van der Waals surface area contributed by atoms with Crippen LogP contribution in [0.15, 0.2) is 223 Å². The molecule has 11 aromatic rings. The molecule has 0 bridgehead atoms. The maximum Gasteiger partial charge on any atom is 0.135 e. The number of furan rings is 1. The van der Waals surface area contributed by atoms with Gasteiger partial charge in [-0.2, -0.15) is 0 Å². The molecule has 0 radical (unpaired) electrons. The lowest BCUT2D eigenvalue weighted by atomic mass is 9.98. The quantitative estimate of drug-likeness (QED) is 0.163. The van der Waals surface area contributed by atoms with Crippen molar-refractivity contribution in [2.75, 3.05) is 4.90 Å². The number of aromatic nitrogens is 1. The molecule has 9 aromatic carbocycles. The fourth-order valence-electron chi connectivity index (χ4n) is 8.40. The molecular weight excluding hydrogens is 693 g/mol. The number of benzene rings is 9. The van der Waals surface area contributed by atoms with Gasteiger partial charge in [-0.3, -0.25) is 0 Å².